The van der Waals surface area contributed by atoms with E-state index in [1.807, 2.05) is 6.07 Å². The zero-order valence-corrected chi connectivity index (χ0v) is 12.2. The van der Waals surface area contributed by atoms with Crippen molar-refractivity contribution in [2.75, 3.05) is 18.8 Å². The smallest absolute Gasteiger partial charge is 0.138 e. The van der Waals surface area contributed by atoms with Gasteiger partial charge in [-0.3, -0.25) is 0 Å². The lowest BCUT2D eigenvalue weighted by atomic mass is 9.86. The maximum atomic E-state index is 9.77. The van der Waals surface area contributed by atoms with Crippen LogP contribution in [0, 0.1) is 0 Å². The third-order valence-electron chi connectivity index (χ3n) is 4.16. The Labute approximate surface area is 116 Å². The van der Waals surface area contributed by atoms with Gasteiger partial charge in [0.15, 0.2) is 0 Å². The van der Waals surface area contributed by atoms with Crippen molar-refractivity contribution >= 4 is 5.69 Å². The quantitative estimate of drug-likeness (QED) is 0.633. The molecule has 0 saturated carbocycles. The van der Waals surface area contributed by atoms with Crippen LogP contribution in [0.5, 0.6) is 5.75 Å². The molecule has 19 heavy (non-hydrogen) atoms. The van der Waals surface area contributed by atoms with Crippen LogP contribution in [-0.2, 0) is 12.8 Å². The fourth-order valence-electron chi connectivity index (χ4n) is 3.20. The number of hydrogen-bond donors (Lipinski definition) is 2. The molecule has 1 aliphatic carbocycles. The first kappa shape index (κ1) is 14.2. The molecule has 0 aromatic heterocycles. The van der Waals surface area contributed by atoms with Crippen LogP contribution < -0.4 is 5.73 Å². The topological polar surface area (TPSA) is 49.5 Å². The van der Waals surface area contributed by atoms with Crippen LogP contribution in [0.25, 0.3) is 0 Å². The van der Waals surface area contributed by atoms with E-state index in [0.29, 0.717) is 11.7 Å². The minimum absolute atomic E-state index is 0.233. The summed E-state index contributed by atoms with van der Waals surface area (Å²) in [5.41, 5.74) is 9.13. The maximum absolute atomic E-state index is 9.77. The normalized spacial score (nSPS) is 18.6. The highest BCUT2D eigenvalue weighted by atomic mass is 16.3. The fraction of sp³-hybridized carbons (Fsp3) is 0.625. The SMILES string of the molecule is CCCN(CCC)C1CCc2ccc(O)c(N)c2C1. The molecule has 1 aliphatic rings. The molecule has 0 amide bonds. The second kappa shape index (κ2) is 6.29. The second-order valence-electron chi connectivity index (χ2n) is 5.57. The van der Waals surface area contributed by atoms with Gasteiger partial charge in [-0.05, 0) is 62.4 Å². The minimum atomic E-state index is 0.233. The highest BCUT2D eigenvalue weighted by molar-refractivity contribution is 5.61. The number of hydrogen-bond acceptors (Lipinski definition) is 3. The van der Waals surface area contributed by atoms with Crippen LogP contribution in [0.2, 0.25) is 0 Å². The van der Waals surface area contributed by atoms with E-state index in [1.165, 1.54) is 30.4 Å². The van der Waals surface area contributed by atoms with Gasteiger partial charge in [0, 0.05) is 6.04 Å². The van der Waals surface area contributed by atoms with E-state index in [9.17, 15) is 5.11 Å². The summed E-state index contributed by atoms with van der Waals surface area (Å²) in [6, 6.07) is 4.34. The van der Waals surface area contributed by atoms with E-state index in [-0.39, 0.29) is 5.75 Å². The first-order valence-electron chi connectivity index (χ1n) is 7.50. The van der Waals surface area contributed by atoms with Crippen molar-refractivity contribution in [2.45, 2.75) is 52.0 Å². The monoisotopic (exact) mass is 262 g/mol. The van der Waals surface area contributed by atoms with Crippen molar-refractivity contribution < 1.29 is 5.11 Å². The van der Waals surface area contributed by atoms with Crippen LogP contribution in [0.4, 0.5) is 5.69 Å². The van der Waals surface area contributed by atoms with Gasteiger partial charge in [0.25, 0.3) is 0 Å². The van der Waals surface area contributed by atoms with Gasteiger partial charge in [0.2, 0.25) is 0 Å². The number of rotatable bonds is 5. The van der Waals surface area contributed by atoms with Gasteiger partial charge in [-0.2, -0.15) is 0 Å². The number of aromatic hydroxyl groups is 1. The van der Waals surface area contributed by atoms with Gasteiger partial charge in [0.1, 0.15) is 5.75 Å². The molecule has 1 aromatic carbocycles. The van der Waals surface area contributed by atoms with Crippen LogP contribution in [0.1, 0.15) is 44.2 Å². The Morgan fingerprint density at radius 3 is 2.58 bits per heavy atom. The molecule has 1 atom stereocenters. The summed E-state index contributed by atoms with van der Waals surface area (Å²) >= 11 is 0. The van der Waals surface area contributed by atoms with E-state index < -0.39 is 0 Å². The molecular formula is C16H26N2O. The van der Waals surface area contributed by atoms with Crippen molar-refractivity contribution in [2.24, 2.45) is 0 Å². The number of nitrogens with two attached hydrogens (primary N) is 1. The summed E-state index contributed by atoms with van der Waals surface area (Å²) in [4.78, 5) is 2.59. The van der Waals surface area contributed by atoms with E-state index in [4.69, 9.17) is 5.73 Å². The predicted octanol–water partition coefficient (Wildman–Crippen LogP) is 2.95. The van der Waals surface area contributed by atoms with Crippen molar-refractivity contribution in [3.63, 3.8) is 0 Å². The number of anilines is 1. The molecule has 0 spiro atoms. The molecule has 0 radical (unpaired) electrons. The zero-order valence-electron chi connectivity index (χ0n) is 12.2. The van der Waals surface area contributed by atoms with Gasteiger partial charge in [0.05, 0.1) is 5.69 Å². The van der Waals surface area contributed by atoms with Gasteiger partial charge in [-0.15, -0.1) is 0 Å². The van der Waals surface area contributed by atoms with Gasteiger partial charge in [-0.1, -0.05) is 19.9 Å². The van der Waals surface area contributed by atoms with Crippen LogP contribution in [0.15, 0.2) is 12.1 Å². The van der Waals surface area contributed by atoms with Crippen molar-refractivity contribution in [3.8, 4) is 5.75 Å². The Balaban J connectivity index is 2.18. The lowest BCUT2D eigenvalue weighted by molar-refractivity contribution is 0.180. The molecular weight excluding hydrogens is 236 g/mol. The number of fused-ring (bicyclic) bond motifs is 1. The number of aryl methyl sites for hydroxylation is 1. The van der Waals surface area contributed by atoms with Gasteiger partial charge < -0.3 is 15.7 Å². The largest absolute Gasteiger partial charge is 0.506 e. The highest BCUT2D eigenvalue weighted by Gasteiger charge is 2.25. The molecule has 106 valence electrons. The lowest BCUT2D eigenvalue weighted by Crippen LogP contribution is -2.40. The Morgan fingerprint density at radius 1 is 1.26 bits per heavy atom. The summed E-state index contributed by atoms with van der Waals surface area (Å²) < 4.78 is 0. The number of nitrogen functional groups attached to an aromatic ring is 1. The standard InChI is InChI=1S/C16H26N2O/c1-3-9-18(10-4-2)13-7-5-12-6-8-15(19)16(17)14(12)11-13/h6,8,13,19H,3-5,7,9-11,17H2,1-2H3. The highest BCUT2D eigenvalue weighted by Crippen LogP contribution is 2.34. The average molecular weight is 262 g/mol. The molecule has 0 aliphatic heterocycles. The molecule has 3 heteroatoms. The maximum Gasteiger partial charge on any atom is 0.138 e. The zero-order chi connectivity index (χ0) is 13.8. The molecule has 1 aromatic rings. The molecule has 3 nitrogen and oxygen atoms in total. The molecule has 0 heterocycles. The van der Waals surface area contributed by atoms with Crippen LogP contribution in [0.3, 0.4) is 0 Å². The first-order valence-corrected chi connectivity index (χ1v) is 7.50. The van der Waals surface area contributed by atoms with Crippen molar-refractivity contribution in [3.05, 3.63) is 23.3 Å². The number of benzene rings is 1. The number of phenols is 1. The predicted molar refractivity (Wildman–Crippen MR) is 80.5 cm³/mol. The minimum Gasteiger partial charge on any atom is -0.506 e. The molecule has 2 rings (SSSR count). The van der Waals surface area contributed by atoms with Gasteiger partial charge in [-0.25, -0.2) is 0 Å². The summed E-state index contributed by atoms with van der Waals surface area (Å²) in [6.07, 6.45) is 5.65. The number of nitrogens with zero attached hydrogens (tertiary/aromatic N) is 1. The van der Waals surface area contributed by atoms with Gasteiger partial charge >= 0.3 is 0 Å². The molecule has 3 N–H and O–H groups in total. The van der Waals surface area contributed by atoms with Crippen molar-refractivity contribution in [1.29, 1.82) is 0 Å². The molecule has 0 saturated heterocycles. The third kappa shape index (κ3) is 3.03. The van der Waals surface area contributed by atoms with Crippen LogP contribution >= 0.6 is 0 Å². The lowest BCUT2D eigenvalue weighted by Gasteiger charge is -2.35. The second-order valence-corrected chi connectivity index (χ2v) is 5.57. The fourth-order valence-corrected chi connectivity index (χ4v) is 3.20. The molecule has 0 fully saturated rings. The van der Waals surface area contributed by atoms with Crippen LogP contribution in [-0.4, -0.2) is 29.1 Å². The first-order chi connectivity index (χ1) is 9.17. The summed E-state index contributed by atoms with van der Waals surface area (Å²) in [7, 11) is 0. The van der Waals surface area contributed by atoms with E-state index in [0.717, 1.165) is 25.9 Å². The molecule has 1 unspecified atom stereocenters. The third-order valence-corrected chi connectivity index (χ3v) is 4.16. The van der Waals surface area contributed by atoms with E-state index in [2.05, 4.69) is 18.7 Å². The Kier molecular flexibility index (Phi) is 4.70. The summed E-state index contributed by atoms with van der Waals surface area (Å²) in [5, 5.41) is 9.77. The average Bonchev–Trinajstić information content (AvgIpc) is 2.42. The molecule has 0 bridgehead atoms. The summed E-state index contributed by atoms with van der Waals surface area (Å²) in [6.45, 7) is 6.79. The van der Waals surface area contributed by atoms with E-state index in [1.54, 1.807) is 6.07 Å². The summed E-state index contributed by atoms with van der Waals surface area (Å²) in [5.74, 6) is 0.233. The Morgan fingerprint density at radius 2 is 1.95 bits per heavy atom. The Hall–Kier alpha value is -1.22. The van der Waals surface area contributed by atoms with Crippen molar-refractivity contribution in [1.82, 2.24) is 4.90 Å². The van der Waals surface area contributed by atoms with E-state index >= 15 is 0 Å². The number of phenolic OH excluding ortho intramolecular Hbond substituents is 1. The Bertz CT molecular complexity index is 425.